The molecule has 0 fully saturated rings. The van der Waals surface area contributed by atoms with Gasteiger partial charge < -0.3 is 4.74 Å². The molecule has 0 aliphatic heterocycles. The van der Waals surface area contributed by atoms with E-state index in [0.29, 0.717) is 5.75 Å². The van der Waals surface area contributed by atoms with E-state index in [4.69, 9.17) is 9.72 Å². The topological polar surface area (TPSA) is 57.8 Å². The molecule has 0 atom stereocenters. The molecule has 32 heavy (non-hydrogen) atoms. The van der Waals surface area contributed by atoms with Gasteiger partial charge in [0.05, 0.1) is 29.6 Å². The number of imidazole rings is 1. The van der Waals surface area contributed by atoms with Crippen molar-refractivity contribution in [3.63, 3.8) is 0 Å². The number of para-hydroxylation sites is 3. The Labute approximate surface area is 190 Å². The summed E-state index contributed by atoms with van der Waals surface area (Å²) in [6.07, 6.45) is 0. The van der Waals surface area contributed by atoms with Crippen LogP contribution in [0.3, 0.4) is 0 Å². The average Bonchev–Trinajstić information content (AvgIpc) is 3.38. The quantitative estimate of drug-likeness (QED) is 0.325. The van der Waals surface area contributed by atoms with Gasteiger partial charge in [-0.05, 0) is 61.9 Å². The Bertz CT molecular complexity index is 1390. The van der Waals surface area contributed by atoms with E-state index >= 15 is 0 Å². The SMILES string of the molecule is COc1ccc(-n2c(CSc3nnc(C)n3-c3ccccc3C)nc3ccccc32)cc1. The first kappa shape index (κ1) is 20.3. The summed E-state index contributed by atoms with van der Waals surface area (Å²) in [5.41, 5.74) is 5.37. The predicted octanol–water partition coefficient (Wildman–Crippen LogP) is 5.52. The zero-order valence-electron chi connectivity index (χ0n) is 18.2. The van der Waals surface area contributed by atoms with Crippen LogP contribution < -0.4 is 4.74 Å². The molecule has 3 aromatic carbocycles. The highest BCUT2D eigenvalue weighted by Gasteiger charge is 2.17. The van der Waals surface area contributed by atoms with Gasteiger partial charge in [-0.3, -0.25) is 9.13 Å². The van der Waals surface area contributed by atoms with E-state index in [9.17, 15) is 0 Å². The first-order valence-corrected chi connectivity index (χ1v) is 11.4. The minimum atomic E-state index is 0.657. The Morgan fingerprint density at radius 1 is 0.844 bits per heavy atom. The fourth-order valence-corrected chi connectivity index (χ4v) is 4.76. The van der Waals surface area contributed by atoms with Crippen molar-refractivity contribution in [1.82, 2.24) is 24.3 Å². The third-order valence-electron chi connectivity index (χ3n) is 5.44. The van der Waals surface area contributed by atoms with E-state index in [1.807, 2.05) is 49.4 Å². The number of nitrogens with zero attached hydrogens (tertiary/aromatic N) is 5. The van der Waals surface area contributed by atoms with Crippen LogP contribution in [-0.2, 0) is 5.75 Å². The lowest BCUT2D eigenvalue weighted by molar-refractivity contribution is 0.414. The molecule has 0 unspecified atom stereocenters. The number of aryl methyl sites for hydroxylation is 2. The van der Waals surface area contributed by atoms with Gasteiger partial charge in [-0.25, -0.2) is 4.98 Å². The Kier molecular flexibility index (Phi) is 5.41. The molecule has 6 nitrogen and oxygen atoms in total. The van der Waals surface area contributed by atoms with Gasteiger partial charge in [-0.15, -0.1) is 10.2 Å². The molecule has 0 aliphatic carbocycles. The molecular formula is C25H23N5OS. The second kappa shape index (κ2) is 8.51. The van der Waals surface area contributed by atoms with Crippen LogP contribution in [-0.4, -0.2) is 31.4 Å². The third-order valence-corrected chi connectivity index (χ3v) is 6.37. The van der Waals surface area contributed by atoms with Crippen LogP contribution in [0.5, 0.6) is 5.75 Å². The zero-order chi connectivity index (χ0) is 22.1. The van der Waals surface area contributed by atoms with E-state index in [-0.39, 0.29) is 0 Å². The molecule has 0 saturated heterocycles. The first-order chi connectivity index (χ1) is 15.7. The van der Waals surface area contributed by atoms with E-state index < -0.39 is 0 Å². The number of rotatable bonds is 6. The minimum absolute atomic E-state index is 0.657. The van der Waals surface area contributed by atoms with Crippen molar-refractivity contribution in [3.8, 4) is 17.1 Å². The number of hydrogen-bond donors (Lipinski definition) is 0. The maximum atomic E-state index is 5.33. The maximum Gasteiger partial charge on any atom is 0.196 e. The van der Waals surface area contributed by atoms with Crippen molar-refractivity contribution in [2.75, 3.05) is 7.11 Å². The highest BCUT2D eigenvalue weighted by molar-refractivity contribution is 7.98. The van der Waals surface area contributed by atoms with E-state index in [1.54, 1.807) is 18.9 Å². The fraction of sp³-hybridized carbons (Fsp3) is 0.160. The summed E-state index contributed by atoms with van der Waals surface area (Å²) < 4.78 is 9.64. The summed E-state index contributed by atoms with van der Waals surface area (Å²) in [7, 11) is 1.68. The summed E-state index contributed by atoms with van der Waals surface area (Å²) in [6, 6.07) is 24.5. The largest absolute Gasteiger partial charge is 0.497 e. The number of ether oxygens (including phenoxy) is 1. The van der Waals surface area contributed by atoms with Crippen LogP contribution in [0.4, 0.5) is 0 Å². The lowest BCUT2D eigenvalue weighted by atomic mass is 10.2. The van der Waals surface area contributed by atoms with Gasteiger partial charge >= 0.3 is 0 Å². The Morgan fingerprint density at radius 2 is 1.59 bits per heavy atom. The zero-order valence-corrected chi connectivity index (χ0v) is 19.0. The normalized spacial score (nSPS) is 11.2. The molecule has 0 N–H and O–H groups in total. The number of hydrogen-bond acceptors (Lipinski definition) is 5. The fourth-order valence-electron chi connectivity index (χ4n) is 3.85. The predicted molar refractivity (Wildman–Crippen MR) is 128 cm³/mol. The Hall–Kier alpha value is -3.58. The summed E-state index contributed by atoms with van der Waals surface area (Å²) >= 11 is 1.64. The van der Waals surface area contributed by atoms with E-state index in [0.717, 1.165) is 45.0 Å². The van der Waals surface area contributed by atoms with E-state index in [2.05, 4.69) is 56.6 Å². The second-order valence-electron chi connectivity index (χ2n) is 7.49. The van der Waals surface area contributed by atoms with Crippen molar-refractivity contribution in [1.29, 1.82) is 0 Å². The van der Waals surface area contributed by atoms with Crippen molar-refractivity contribution in [3.05, 3.63) is 90.0 Å². The molecule has 160 valence electrons. The maximum absolute atomic E-state index is 5.33. The van der Waals surface area contributed by atoms with Gasteiger partial charge in [0.25, 0.3) is 0 Å². The number of benzene rings is 3. The number of fused-ring (bicyclic) bond motifs is 1. The van der Waals surface area contributed by atoms with Gasteiger partial charge in [0, 0.05) is 5.69 Å². The van der Waals surface area contributed by atoms with Crippen molar-refractivity contribution in [2.24, 2.45) is 0 Å². The van der Waals surface area contributed by atoms with Crippen LogP contribution in [0, 0.1) is 13.8 Å². The van der Waals surface area contributed by atoms with Crippen LogP contribution in [0.2, 0.25) is 0 Å². The van der Waals surface area contributed by atoms with E-state index in [1.165, 1.54) is 5.56 Å². The van der Waals surface area contributed by atoms with Crippen LogP contribution in [0.1, 0.15) is 17.2 Å². The number of aromatic nitrogens is 5. The molecule has 7 heteroatoms. The average molecular weight is 442 g/mol. The number of thioether (sulfide) groups is 1. The van der Waals surface area contributed by atoms with Gasteiger partial charge in [0.15, 0.2) is 5.16 Å². The molecule has 2 heterocycles. The summed E-state index contributed by atoms with van der Waals surface area (Å²) in [5, 5.41) is 9.64. The molecule has 0 amide bonds. The van der Waals surface area contributed by atoms with Crippen LogP contribution in [0.15, 0.2) is 78.0 Å². The summed E-state index contributed by atoms with van der Waals surface area (Å²) in [6.45, 7) is 4.09. The van der Waals surface area contributed by atoms with Crippen molar-refractivity contribution < 1.29 is 4.74 Å². The highest BCUT2D eigenvalue weighted by atomic mass is 32.2. The molecular weight excluding hydrogens is 418 g/mol. The molecule has 0 bridgehead atoms. The lowest BCUT2D eigenvalue weighted by Gasteiger charge is -2.12. The molecule has 0 saturated carbocycles. The smallest absolute Gasteiger partial charge is 0.196 e. The molecule has 0 radical (unpaired) electrons. The van der Waals surface area contributed by atoms with Gasteiger partial charge in [-0.1, -0.05) is 42.1 Å². The standard InChI is InChI=1S/C25H23N5OS/c1-17-8-4-6-10-22(17)29-18(2)27-28-25(29)32-16-24-26-21-9-5-7-11-23(21)30(24)19-12-14-20(31-3)15-13-19/h4-15H,16H2,1-3H3. The molecule has 2 aromatic heterocycles. The molecule has 0 spiro atoms. The summed E-state index contributed by atoms with van der Waals surface area (Å²) in [5.74, 6) is 3.31. The van der Waals surface area contributed by atoms with Crippen LogP contribution in [0.25, 0.3) is 22.4 Å². The van der Waals surface area contributed by atoms with Crippen LogP contribution >= 0.6 is 11.8 Å². The van der Waals surface area contributed by atoms with Crippen molar-refractivity contribution >= 4 is 22.8 Å². The third kappa shape index (κ3) is 3.65. The minimum Gasteiger partial charge on any atom is -0.497 e. The Morgan fingerprint density at radius 3 is 2.38 bits per heavy atom. The highest BCUT2D eigenvalue weighted by Crippen LogP contribution is 2.30. The Balaban J connectivity index is 1.53. The molecule has 0 aliphatic rings. The molecule has 5 aromatic rings. The summed E-state index contributed by atoms with van der Waals surface area (Å²) in [4.78, 5) is 4.93. The monoisotopic (exact) mass is 441 g/mol. The lowest BCUT2D eigenvalue weighted by Crippen LogP contribution is -2.03. The first-order valence-electron chi connectivity index (χ1n) is 10.4. The number of methoxy groups -OCH3 is 1. The van der Waals surface area contributed by atoms with Gasteiger partial charge in [0.1, 0.15) is 17.4 Å². The molecule has 5 rings (SSSR count). The second-order valence-corrected chi connectivity index (χ2v) is 8.43. The van der Waals surface area contributed by atoms with Crippen molar-refractivity contribution in [2.45, 2.75) is 24.8 Å². The van der Waals surface area contributed by atoms with Gasteiger partial charge in [0.2, 0.25) is 0 Å². The van der Waals surface area contributed by atoms with Gasteiger partial charge in [-0.2, -0.15) is 0 Å².